The SMILES string of the molecule is NC(=O)N1CCCC(C(=O)N2CCOCC2)C1. The molecule has 1 unspecified atom stereocenters. The quantitative estimate of drug-likeness (QED) is 0.681. The molecule has 0 aromatic rings. The van der Waals surface area contributed by atoms with Gasteiger partial charge in [0.15, 0.2) is 0 Å². The molecule has 2 heterocycles. The Kier molecular flexibility index (Phi) is 3.83. The molecular formula is C11H19N3O3. The number of nitrogens with zero attached hydrogens (tertiary/aromatic N) is 2. The number of morpholine rings is 1. The number of likely N-dealkylation sites (tertiary alicyclic amines) is 1. The molecule has 17 heavy (non-hydrogen) atoms. The van der Waals surface area contributed by atoms with Gasteiger partial charge in [-0.25, -0.2) is 4.79 Å². The number of piperidine rings is 1. The Bertz CT molecular complexity index is 302. The van der Waals surface area contributed by atoms with Crippen LogP contribution < -0.4 is 5.73 Å². The topological polar surface area (TPSA) is 75.9 Å². The molecule has 0 bridgehead atoms. The molecule has 0 radical (unpaired) electrons. The Balaban J connectivity index is 1.91. The molecule has 1 atom stereocenters. The number of hydrogen-bond donors (Lipinski definition) is 1. The van der Waals surface area contributed by atoms with Crippen LogP contribution in [0.15, 0.2) is 0 Å². The fourth-order valence-electron chi connectivity index (χ4n) is 2.42. The van der Waals surface area contributed by atoms with Crippen molar-refractivity contribution in [3.63, 3.8) is 0 Å². The van der Waals surface area contributed by atoms with Gasteiger partial charge < -0.3 is 20.3 Å². The fourth-order valence-corrected chi connectivity index (χ4v) is 2.42. The minimum atomic E-state index is -0.426. The van der Waals surface area contributed by atoms with Crippen LogP contribution in [0.4, 0.5) is 4.79 Å². The standard InChI is InChI=1S/C11H19N3O3/c12-11(16)14-3-1-2-9(8-14)10(15)13-4-6-17-7-5-13/h9H,1-8H2,(H2,12,16). The van der Waals surface area contributed by atoms with Crippen molar-refractivity contribution < 1.29 is 14.3 Å². The summed E-state index contributed by atoms with van der Waals surface area (Å²) in [6, 6.07) is -0.426. The van der Waals surface area contributed by atoms with Crippen LogP contribution in [0.1, 0.15) is 12.8 Å². The molecule has 2 fully saturated rings. The summed E-state index contributed by atoms with van der Waals surface area (Å²) in [4.78, 5) is 26.7. The maximum Gasteiger partial charge on any atom is 0.314 e. The molecule has 0 aliphatic carbocycles. The van der Waals surface area contributed by atoms with E-state index in [1.54, 1.807) is 4.90 Å². The van der Waals surface area contributed by atoms with E-state index in [4.69, 9.17) is 10.5 Å². The first-order valence-electron chi connectivity index (χ1n) is 6.09. The molecule has 2 N–H and O–H groups in total. The van der Waals surface area contributed by atoms with Crippen LogP contribution in [-0.4, -0.2) is 61.1 Å². The van der Waals surface area contributed by atoms with Crippen molar-refractivity contribution in [2.45, 2.75) is 12.8 Å². The zero-order valence-corrected chi connectivity index (χ0v) is 9.93. The summed E-state index contributed by atoms with van der Waals surface area (Å²) in [5.41, 5.74) is 5.25. The van der Waals surface area contributed by atoms with Crippen LogP contribution in [0.25, 0.3) is 0 Å². The second kappa shape index (κ2) is 5.35. The predicted molar refractivity (Wildman–Crippen MR) is 61.3 cm³/mol. The Labute approximate surface area is 101 Å². The van der Waals surface area contributed by atoms with Gasteiger partial charge in [-0.1, -0.05) is 0 Å². The van der Waals surface area contributed by atoms with Crippen LogP contribution in [0, 0.1) is 5.92 Å². The summed E-state index contributed by atoms with van der Waals surface area (Å²) in [5.74, 6) is 0.0496. The van der Waals surface area contributed by atoms with Crippen molar-refractivity contribution in [3.8, 4) is 0 Å². The number of urea groups is 1. The van der Waals surface area contributed by atoms with Gasteiger partial charge >= 0.3 is 6.03 Å². The van der Waals surface area contributed by atoms with E-state index >= 15 is 0 Å². The molecule has 96 valence electrons. The maximum atomic E-state index is 12.2. The Hall–Kier alpha value is -1.30. The maximum absolute atomic E-state index is 12.2. The molecule has 0 saturated carbocycles. The number of primary amides is 1. The minimum absolute atomic E-state index is 0.0886. The number of nitrogens with two attached hydrogens (primary N) is 1. The second-order valence-electron chi connectivity index (χ2n) is 4.56. The predicted octanol–water partition coefficient (Wildman–Crippen LogP) is -0.364. The number of rotatable bonds is 1. The molecule has 0 aromatic heterocycles. The third kappa shape index (κ3) is 2.88. The first-order valence-corrected chi connectivity index (χ1v) is 6.09. The van der Waals surface area contributed by atoms with Crippen molar-refractivity contribution >= 4 is 11.9 Å². The van der Waals surface area contributed by atoms with Gasteiger partial charge in [-0.2, -0.15) is 0 Å². The first kappa shape index (κ1) is 12.2. The minimum Gasteiger partial charge on any atom is -0.378 e. The lowest BCUT2D eigenvalue weighted by atomic mass is 9.96. The van der Waals surface area contributed by atoms with E-state index in [-0.39, 0.29) is 11.8 Å². The smallest absolute Gasteiger partial charge is 0.314 e. The first-order chi connectivity index (χ1) is 8.18. The van der Waals surface area contributed by atoms with Crippen LogP contribution in [0.5, 0.6) is 0 Å². The van der Waals surface area contributed by atoms with Crippen LogP contribution in [0.2, 0.25) is 0 Å². The van der Waals surface area contributed by atoms with Crippen molar-refractivity contribution in [1.29, 1.82) is 0 Å². The number of carbonyl (C=O) groups excluding carboxylic acids is 2. The zero-order valence-electron chi connectivity index (χ0n) is 9.93. The fraction of sp³-hybridized carbons (Fsp3) is 0.818. The molecule has 0 aromatic carbocycles. The van der Waals surface area contributed by atoms with Gasteiger partial charge in [0.1, 0.15) is 0 Å². The van der Waals surface area contributed by atoms with Gasteiger partial charge in [-0.05, 0) is 12.8 Å². The van der Waals surface area contributed by atoms with E-state index in [0.717, 1.165) is 12.8 Å². The van der Waals surface area contributed by atoms with Crippen LogP contribution in [-0.2, 0) is 9.53 Å². The highest BCUT2D eigenvalue weighted by Gasteiger charge is 2.31. The van der Waals surface area contributed by atoms with Crippen molar-refractivity contribution in [2.24, 2.45) is 11.7 Å². The summed E-state index contributed by atoms with van der Waals surface area (Å²) in [7, 11) is 0. The molecule has 2 rings (SSSR count). The van der Waals surface area contributed by atoms with E-state index in [1.165, 1.54) is 0 Å². The van der Waals surface area contributed by atoms with E-state index in [2.05, 4.69) is 0 Å². The Morgan fingerprint density at radius 3 is 2.47 bits per heavy atom. The highest BCUT2D eigenvalue weighted by molar-refractivity contribution is 5.80. The highest BCUT2D eigenvalue weighted by atomic mass is 16.5. The summed E-state index contributed by atoms with van der Waals surface area (Å²) in [6.07, 6.45) is 1.70. The molecule has 2 aliphatic heterocycles. The number of amides is 3. The normalized spacial score (nSPS) is 25.8. The lowest BCUT2D eigenvalue weighted by Crippen LogP contribution is -2.50. The van der Waals surface area contributed by atoms with E-state index < -0.39 is 6.03 Å². The van der Waals surface area contributed by atoms with Gasteiger partial charge in [-0.3, -0.25) is 4.79 Å². The van der Waals surface area contributed by atoms with Crippen LogP contribution in [0.3, 0.4) is 0 Å². The van der Waals surface area contributed by atoms with Crippen molar-refractivity contribution in [2.75, 3.05) is 39.4 Å². The third-order valence-corrected chi connectivity index (χ3v) is 3.41. The van der Waals surface area contributed by atoms with Gasteiger partial charge in [-0.15, -0.1) is 0 Å². The molecule has 2 aliphatic rings. The molecule has 2 saturated heterocycles. The van der Waals surface area contributed by atoms with E-state index in [0.29, 0.717) is 39.4 Å². The molecular weight excluding hydrogens is 222 g/mol. The van der Waals surface area contributed by atoms with Gasteiger partial charge in [0.2, 0.25) is 5.91 Å². The molecule has 0 spiro atoms. The average molecular weight is 241 g/mol. The van der Waals surface area contributed by atoms with Gasteiger partial charge in [0.25, 0.3) is 0 Å². The van der Waals surface area contributed by atoms with E-state index in [9.17, 15) is 9.59 Å². The second-order valence-corrected chi connectivity index (χ2v) is 4.56. The van der Waals surface area contributed by atoms with Crippen molar-refractivity contribution in [3.05, 3.63) is 0 Å². The largest absolute Gasteiger partial charge is 0.378 e. The lowest BCUT2D eigenvalue weighted by molar-refractivity contribution is -0.141. The van der Waals surface area contributed by atoms with Crippen molar-refractivity contribution in [1.82, 2.24) is 9.80 Å². The monoisotopic (exact) mass is 241 g/mol. The van der Waals surface area contributed by atoms with E-state index in [1.807, 2.05) is 4.90 Å². The Morgan fingerprint density at radius 1 is 1.12 bits per heavy atom. The lowest BCUT2D eigenvalue weighted by Gasteiger charge is -2.35. The van der Waals surface area contributed by atoms with Gasteiger partial charge in [0, 0.05) is 26.2 Å². The summed E-state index contributed by atoms with van der Waals surface area (Å²) in [6.45, 7) is 3.67. The van der Waals surface area contributed by atoms with Crippen LogP contribution >= 0.6 is 0 Å². The highest BCUT2D eigenvalue weighted by Crippen LogP contribution is 2.19. The Morgan fingerprint density at radius 2 is 1.82 bits per heavy atom. The molecule has 3 amide bonds. The number of ether oxygens (including phenoxy) is 1. The third-order valence-electron chi connectivity index (χ3n) is 3.41. The summed E-state index contributed by atoms with van der Waals surface area (Å²) in [5, 5.41) is 0. The zero-order chi connectivity index (χ0) is 12.3. The average Bonchev–Trinajstić information content (AvgIpc) is 2.39. The molecule has 6 nitrogen and oxygen atoms in total. The van der Waals surface area contributed by atoms with Gasteiger partial charge in [0.05, 0.1) is 19.1 Å². The summed E-state index contributed by atoms with van der Waals surface area (Å²) >= 11 is 0. The molecule has 6 heteroatoms. The number of carbonyl (C=O) groups is 2. The summed E-state index contributed by atoms with van der Waals surface area (Å²) < 4.78 is 5.22. The number of hydrogen-bond acceptors (Lipinski definition) is 3.